The minimum Gasteiger partial charge on any atom is -0.348 e. The number of pyridine rings is 1. The Morgan fingerprint density at radius 1 is 1.47 bits per heavy atom. The number of hydrogen-bond acceptors (Lipinski definition) is 2. The SMILES string of the molecule is O=C(NC1CC1)c1cn2ccccc2n1. The van der Waals surface area contributed by atoms with E-state index >= 15 is 0 Å². The molecule has 3 rings (SSSR count). The van der Waals surface area contributed by atoms with E-state index in [1.165, 1.54) is 0 Å². The summed E-state index contributed by atoms with van der Waals surface area (Å²) in [5.74, 6) is -0.0683. The van der Waals surface area contributed by atoms with E-state index in [0.717, 1.165) is 18.5 Å². The second kappa shape index (κ2) is 3.08. The van der Waals surface area contributed by atoms with Crippen LogP contribution in [0.3, 0.4) is 0 Å². The Bertz CT molecular complexity index is 480. The highest BCUT2D eigenvalue weighted by molar-refractivity contribution is 5.93. The van der Waals surface area contributed by atoms with Crippen LogP contribution in [0.4, 0.5) is 0 Å². The smallest absolute Gasteiger partial charge is 0.271 e. The van der Waals surface area contributed by atoms with Crippen LogP contribution in [0, 0.1) is 0 Å². The molecule has 2 heterocycles. The van der Waals surface area contributed by atoms with E-state index in [-0.39, 0.29) is 5.91 Å². The van der Waals surface area contributed by atoms with E-state index < -0.39 is 0 Å². The monoisotopic (exact) mass is 201 g/mol. The number of carbonyl (C=O) groups is 1. The molecule has 0 aliphatic heterocycles. The van der Waals surface area contributed by atoms with Crippen LogP contribution < -0.4 is 5.32 Å². The zero-order valence-electron chi connectivity index (χ0n) is 8.18. The van der Waals surface area contributed by atoms with E-state index in [1.54, 1.807) is 6.20 Å². The minimum absolute atomic E-state index is 0.0683. The maximum absolute atomic E-state index is 11.7. The van der Waals surface area contributed by atoms with E-state index in [4.69, 9.17) is 0 Å². The second-order valence-electron chi connectivity index (χ2n) is 3.84. The first-order valence-corrected chi connectivity index (χ1v) is 5.07. The van der Waals surface area contributed by atoms with Gasteiger partial charge in [0.2, 0.25) is 0 Å². The van der Waals surface area contributed by atoms with Crippen LogP contribution in [0.5, 0.6) is 0 Å². The Morgan fingerprint density at radius 2 is 2.33 bits per heavy atom. The van der Waals surface area contributed by atoms with Crippen LogP contribution in [0.2, 0.25) is 0 Å². The van der Waals surface area contributed by atoms with Crippen LogP contribution >= 0.6 is 0 Å². The first-order chi connectivity index (χ1) is 7.33. The van der Waals surface area contributed by atoms with Crippen LogP contribution in [0.25, 0.3) is 5.65 Å². The number of hydrogen-bond donors (Lipinski definition) is 1. The number of amides is 1. The number of nitrogens with zero attached hydrogens (tertiary/aromatic N) is 2. The molecule has 1 aliphatic rings. The molecule has 4 heteroatoms. The Morgan fingerprint density at radius 3 is 3.07 bits per heavy atom. The minimum atomic E-state index is -0.0683. The lowest BCUT2D eigenvalue weighted by Crippen LogP contribution is -2.25. The Kier molecular flexibility index (Phi) is 1.74. The van der Waals surface area contributed by atoms with Crippen molar-refractivity contribution in [2.24, 2.45) is 0 Å². The lowest BCUT2D eigenvalue weighted by atomic mass is 10.4. The lowest BCUT2D eigenvalue weighted by Gasteiger charge is -1.97. The summed E-state index contributed by atoms with van der Waals surface area (Å²) in [7, 11) is 0. The van der Waals surface area contributed by atoms with Crippen molar-refractivity contribution in [2.45, 2.75) is 18.9 Å². The number of imidazole rings is 1. The Hall–Kier alpha value is -1.84. The van der Waals surface area contributed by atoms with Gasteiger partial charge in [0.25, 0.3) is 5.91 Å². The molecule has 15 heavy (non-hydrogen) atoms. The van der Waals surface area contributed by atoms with E-state index in [1.807, 2.05) is 28.8 Å². The number of fused-ring (bicyclic) bond motifs is 1. The van der Waals surface area contributed by atoms with Crippen molar-refractivity contribution < 1.29 is 4.79 Å². The van der Waals surface area contributed by atoms with E-state index in [9.17, 15) is 4.79 Å². The van der Waals surface area contributed by atoms with Gasteiger partial charge >= 0.3 is 0 Å². The summed E-state index contributed by atoms with van der Waals surface area (Å²) >= 11 is 0. The highest BCUT2D eigenvalue weighted by Crippen LogP contribution is 2.19. The van der Waals surface area contributed by atoms with Crippen LogP contribution in [-0.2, 0) is 0 Å². The number of carbonyl (C=O) groups excluding carboxylic acids is 1. The first kappa shape index (κ1) is 8.47. The molecule has 1 saturated carbocycles. The van der Waals surface area contributed by atoms with Crippen LogP contribution in [-0.4, -0.2) is 21.3 Å². The van der Waals surface area contributed by atoms with Gasteiger partial charge in [0.1, 0.15) is 11.3 Å². The molecule has 0 aromatic carbocycles. The Labute approximate surface area is 86.9 Å². The molecular formula is C11H11N3O. The van der Waals surface area contributed by atoms with Gasteiger partial charge in [-0.05, 0) is 25.0 Å². The van der Waals surface area contributed by atoms with Gasteiger partial charge in [0, 0.05) is 18.4 Å². The molecular weight excluding hydrogens is 190 g/mol. The molecule has 0 spiro atoms. The average Bonchev–Trinajstić information content (AvgIpc) is 2.95. The molecule has 0 unspecified atom stereocenters. The molecule has 76 valence electrons. The normalized spacial score (nSPS) is 15.5. The third kappa shape index (κ3) is 1.58. The van der Waals surface area contributed by atoms with E-state index in [2.05, 4.69) is 10.3 Å². The fraction of sp³-hybridized carbons (Fsp3) is 0.273. The summed E-state index contributed by atoms with van der Waals surface area (Å²) in [6.45, 7) is 0. The Balaban J connectivity index is 1.92. The van der Waals surface area contributed by atoms with Crippen molar-refractivity contribution in [1.82, 2.24) is 14.7 Å². The van der Waals surface area contributed by atoms with Gasteiger partial charge in [0.15, 0.2) is 0 Å². The highest BCUT2D eigenvalue weighted by atomic mass is 16.2. The summed E-state index contributed by atoms with van der Waals surface area (Å²) in [5.41, 5.74) is 1.30. The quantitative estimate of drug-likeness (QED) is 0.794. The maximum atomic E-state index is 11.7. The lowest BCUT2D eigenvalue weighted by molar-refractivity contribution is 0.0946. The average molecular weight is 201 g/mol. The van der Waals surface area contributed by atoms with Gasteiger partial charge in [-0.3, -0.25) is 4.79 Å². The third-order valence-electron chi connectivity index (χ3n) is 2.51. The third-order valence-corrected chi connectivity index (χ3v) is 2.51. The standard InChI is InChI=1S/C11H11N3O/c15-11(12-8-4-5-8)9-7-14-6-2-1-3-10(14)13-9/h1-3,6-8H,4-5H2,(H,12,15). The van der Waals surface area contributed by atoms with Crippen molar-refractivity contribution in [2.75, 3.05) is 0 Å². The van der Waals surface area contributed by atoms with Crippen molar-refractivity contribution in [3.63, 3.8) is 0 Å². The van der Waals surface area contributed by atoms with Gasteiger partial charge < -0.3 is 9.72 Å². The number of rotatable bonds is 2. The van der Waals surface area contributed by atoms with Gasteiger partial charge in [-0.2, -0.15) is 0 Å². The fourth-order valence-electron chi connectivity index (χ4n) is 1.53. The number of aromatic nitrogens is 2. The van der Waals surface area contributed by atoms with Crippen LogP contribution in [0.15, 0.2) is 30.6 Å². The summed E-state index contributed by atoms with van der Waals surface area (Å²) in [5, 5.41) is 2.92. The highest BCUT2D eigenvalue weighted by Gasteiger charge is 2.24. The zero-order valence-corrected chi connectivity index (χ0v) is 8.18. The molecule has 0 atom stereocenters. The molecule has 2 aromatic heterocycles. The summed E-state index contributed by atoms with van der Waals surface area (Å²) in [6.07, 6.45) is 5.83. The van der Waals surface area contributed by atoms with Crippen molar-refractivity contribution >= 4 is 11.6 Å². The topological polar surface area (TPSA) is 46.4 Å². The predicted molar refractivity (Wildman–Crippen MR) is 55.7 cm³/mol. The summed E-state index contributed by atoms with van der Waals surface area (Å²) < 4.78 is 1.85. The summed E-state index contributed by atoms with van der Waals surface area (Å²) in [6, 6.07) is 6.08. The van der Waals surface area contributed by atoms with Crippen molar-refractivity contribution in [3.05, 3.63) is 36.3 Å². The molecule has 0 bridgehead atoms. The largest absolute Gasteiger partial charge is 0.348 e. The van der Waals surface area contributed by atoms with Gasteiger partial charge in [0.05, 0.1) is 0 Å². The molecule has 4 nitrogen and oxygen atoms in total. The van der Waals surface area contributed by atoms with Gasteiger partial charge in [-0.25, -0.2) is 4.98 Å². The van der Waals surface area contributed by atoms with Crippen molar-refractivity contribution in [1.29, 1.82) is 0 Å². The van der Waals surface area contributed by atoms with Gasteiger partial charge in [-0.15, -0.1) is 0 Å². The first-order valence-electron chi connectivity index (χ1n) is 5.07. The predicted octanol–water partition coefficient (Wildman–Crippen LogP) is 1.23. The van der Waals surface area contributed by atoms with Crippen LogP contribution in [0.1, 0.15) is 23.3 Å². The van der Waals surface area contributed by atoms with E-state index in [0.29, 0.717) is 11.7 Å². The fourth-order valence-corrected chi connectivity index (χ4v) is 1.53. The number of nitrogens with one attached hydrogen (secondary N) is 1. The second-order valence-corrected chi connectivity index (χ2v) is 3.84. The molecule has 2 aromatic rings. The molecule has 1 amide bonds. The molecule has 0 saturated heterocycles. The zero-order chi connectivity index (χ0) is 10.3. The van der Waals surface area contributed by atoms with Crippen molar-refractivity contribution in [3.8, 4) is 0 Å². The molecule has 1 fully saturated rings. The summed E-state index contributed by atoms with van der Waals surface area (Å²) in [4.78, 5) is 15.9. The van der Waals surface area contributed by atoms with Gasteiger partial charge in [-0.1, -0.05) is 6.07 Å². The molecule has 0 radical (unpaired) electrons. The maximum Gasteiger partial charge on any atom is 0.271 e. The molecule has 1 N–H and O–H groups in total. The molecule has 1 aliphatic carbocycles.